The smallest absolute Gasteiger partial charge is 0.308 e. The van der Waals surface area contributed by atoms with Crippen LogP contribution in [0.4, 0.5) is 0 Å². The Kier molecular flexibility index (Phi) is 4.80. The molecule has 3 atom stereocenters. The van der Waals surface area contributed by atoms with Gasteiger partial charge in [-0.15, -0.1) is 0 Å². The number of carbonyl (C=O) groups is 1. The summed E-state index contributed by atoms with van der Waals surface area (Å²) >= 11 is 0. The van der Waals surface area contributed by atoms with Gasteiger partial charge in [0.05, 0.1) is 19.1 Å². The molecule has 0 radical (unpaired) electrons. The van der Waals surface area contributed by atoms with Gasteiger partial charge in [-0.05, 0) is 25.2 Å². The molecule has 0 spiro atoms. The molecule has 1 N–H and O–H groups in total. The van der Waals surface area contributed by atoms with E-state index >= 15 is 0 Å². The molecule has 0 aromatic heterocycles. The Morgan fingerprint density at radius 1 is 1.47 bits per heavy atom. The molecular formula is C13H23NO3. The van der Waals surface area contributed by atoms with Crippen LogP contribution in [-0.4, -0.2) is 37.9 Å². The monoisotopic (exact) mass is 241 g/mol. The molecular weight excluding hydrogens is 218 g/mol. The summed E-state index contributed by atoms with van der Waals surface area (Å²) in [5, 5.41) is 3.22. The third kappa shape index (κ3) is 4.28. The highest BCUT2D eigenvalue weighted by atomic mass is 16.5. The van der Waals surface area contributed by atoms with Crippen LogP contribution in [0.5, 0.6) is 0 Å². The predicted octanol–water partition coefficient (Wildman–Crippen LogP) is 1.49. The Labute approximate surface area is 103 Å². The molecule has 17 heavy (non-hydrogen) atoms. The third-order valence-electron chi connectivity index (χ3n) is 3.59. The van der Waals surface area contributed by atoms with Crippen molar-refractivity contribution in [3.63, 3.8) is 0 Å². The van der Waals surface area contributed by atoms with Crippen LogP contribution in [0, 0.1) is 5.92 Å². The van der Waals surface area contributed by atoms with Crippen molar-refractivity contribution in [2.24, 2.45) is 5.92 Å². The molecule has 4 heteroatoms. The molecule has 1 saturated carbocycles. The molecule has 1 heterocycles. The topological polar surface area (TPSA) is 47.6 Å². The van der Waals surface area contributed by atoms with Gasteiger partial charge < -0.3 is 14.8 Å². The first-order chi connectivity index (χ1) is 8.24. The van der Waals surface area contributed by atoms with Crippen molar-refractivity contribution < 1.29 is 14.3 Å². The molecule has 98 valence electrons. The normalized spacial score (nSPS) is 34.3. The molecule has 0 aromatic carbocycles. The summed E-state index contributed by atoms with van der Waals surface area (Å²) < 4.78 is 11.0. The van der Waals surface area contributed by atoms with E-state index in [1.807, 2.05) is 0 Å². The van der Waals surface area contributed by atoms with Crippen molar-refractivity contribution in [1.29, 1.82) is 0 Å². The van der Waals surface area contributed by atoms with Crippen LogP contribution in [0.15, 0.2) is 0 Å². The number of morpholine rings is 1. The standard InChI is InChI=1S/C13H23NO3/c1-10-3-2-4-11(7-10)17-13(15)8-12-9-14-5-6-16-12/h10-12,14H,2-9H2,1H3. The minimum atomic E-state index is -0.0993. The molecule has 1 saturated heterocycles. The van der Waals surface area contributed by atoms with Crippen LogP contribution < -0.4 is 5.32 Å². The number of esters is 1. The average Bonchev–Trinajstić information content (AvgIpc) is 2.30. The molecule has 0 aromatic rings. The summed E-state index contributed by atoms with van der Waals surface area (Å²) in [4.78, 5) is 11.8. The van der Waals surface area contributed by atoms with Gasteiger partial charge in [-0.1, -0.05) is 13.3 Å². The fourth-order valence-corrected chi connectivity index (χ4v) is 2.66. The number of ether oxygens (including phenoxy) is 2. The van der Waals surface area contributed by atoms with Crippen LogP contribution in [-0.2, 0) is 14.3 Å². The first kappa shape index (κ1) is 12.8. The largest absolute Gasteiger partial charge is 0.462 e. The number of nitrogens with one attached hydrogen (secondary N) is 1. The zero-order chi connectivity index (χ0) is 12.1. The summed E-state index contributed by atoms with van der Waals surface area (Å²) in [5.41, 5.74) is 0. The molecule has 2 aliphatic rings. The van der Waals surface area contributed by atoms with E-state index in [9.17, 15) is 4.79 Å². The quantitative estimate of drug-likeness (QED) is 0.760. The SMILES string of the molecule is CC1CCCC(OC(=O)CC2CNCCO2)C1. The van der Waals surface area contributed by atoms with Crippen LogP contribution in [0.3, 0.4) is 0 Å². The van der Waals surface area contributed by atoms with Gasteiger partial charge in [-0.25, -0.2) is 0 Å². The van der Waals surface area contributed by atoms with E-state index < -0.39 is 0 Å². The minimum absolute atomic E-state index is 0.00253. The molecule has 0 amide bonds. The second kappa shape index (κ2) is 6.36. The van der Waals surface area contributed by atoms with Crippen molar-refractivity contribution >= 4 is 5.97 Å². The molecule has 1 aliphatic carbocycles. The Balaban J connectivity index is 1.68. The average molecular weight is 241 g/mol. The van der Waals surface area contributed by atoms with E-state index in [2.05, 4.69) is 12.2 Å². The maximum Gasteiger partial charge on any atom is 0.308 e. The van der Waals surface area contributed by atoms with Crippen LogP contribution in [0.2, 0.25) is 0 Å². The van der Waals surface area contributed by atoms with E-state index in [0.717, 1.165) is 25.9 Å². The Morgan fingerprint density at radius 3 is 3.06 bits per heavy atom. The van der Waals surface area contributed by atoms with Crippen LogP contribution in [0.1, 0.15) is 39.0 Å². The molecule has 1 aliphatic heterocycles. The maximum atomic E-state index is 11.8. The van der Waals surface area contributed by atoms with Crippen molar-refractivity contribution in [3.05, 3.63) is 0 Å². The summed E-state index contributed by atoms with van der Waals surface area (Å²) in [6, 6.07) is 0. The molecule has 2 rings (SSSR count). The highest BCUT2D eigenvalue weighted by Crippen LogP contribution is 2.26. The van der Waals surface area contributed by atoms with Gasteiger partial charge in [0.2, 0.25) is 0 Å². The summed E-state index contributed by atoms with van der Waals surface area (Å²) in [6.07, 6.45) is 5.03. The highest BCUT2D eigenvalue weighted by molar-refractivity contribution is 5.70. The van der Waals surface area contributed by atoms with Gasteiger partial charge in [0.25, 0.3) is 0 Å². The highest BCUT2D eigenvalue weighted by Gasteiger charge is 2.24. The first-order valence-electron chi connectivity index (χ1n) is 6.76. The van der Waals surface area contributed by atoms with Gasteiger partial charge in [-0.2, -0.15) is 0 Å². The Hall–Kier alpha value is -0.610. The van der Waals surface area contributed by atoms with Crippen molar-refractivity contribution in [2.75, 3.05) is 19.7 Å². The second-order valence-corrected chi connectivity index (χ2v) is 5.28. The summed E-state index contributed by atoms with van der Waals surface area (Å²) in [5.74, 6) is 0.590. The lowest BCUT2D eigenvalue weighted by atomic mass is 9.89. The van der Waals surface area contributed by atoms with E-state index in [1.165, 1.54) is 12.8 Å². The Morgan fingerprint density at radius 2 is 2.35 bits per heavy atom. The van der Waals surface area contributed by atoms with Gasteiger partial charge >= 0.3 is 5.97 Å². The van der Waals surface area contributed by atoms with E-state index in [1.54, 1.807) is 0 Å². The lowest BCUT2D eigenvalue weighted by Crippen LogP contribution is -2.40. The first-order valence-corrected chi connectivity index (χ1v) is 6.76. The van der Waals surface area contributed by atoms with Crippen molar-refractivity contribution in [1.82, 2.24) is 5.32 Å². The number of hydrogen-bond acceptors (Lipinski definition) is 4. The summed E-state index contributed by atoms with van der Waals surface area (Å²) in [7, 11) is 0. The van der Waals surface area contributed by atoms with E-state index in [4.69, 9.17) is 9.47 Å². The predicted molar refractivity (Wildman–Crippen MR) is 64.7 cm³/mol. The van der Waals surface area contributed by atoms with Crippen LogP contribution >= 0.6 is 0 Å². The third-order valence-corrected chi connectivity index (χ3v) is 3.59. The fourth-order valence-electron chi connectivity index (χ4n) is 2.66. The lowest BCUT2D eigenvalue weighted by molar-refractivity contribution is -0.154. The Bertz CT molecular complexity index is 251. The van der Waals surface area contributed by atoms with E-state index in [0.29, 0.717) is 18.9 Å². The number of hydrogen-bond donors (Lipinski definition) is 1. The fraction of sp³-hybridized carbons (Fsp3) is 0.923. The summed E-state index contributed by atoms with van der Waals surface area (Å²) in [6.45, 7) is 4.56. The molecule has 4 nitrogen and oxygen atoms in total. The zero-order valence-corrected chi connectivity index (χ0v) is 10.6. The molecule has 0 bridgehead atoms. The van der Waals surface area contributed by atoms with Gasteiger partial charge in [0, 0.05) is 13.1 Å². The van der Waals surface area contributed by atoms with Crippen molar-refractivity contribution in [2.45, 2.75) is 51.2 Å². The molecule has 2 fully saturated rings. The van der Waals surface area contributed by atoms with E-state index in [-0.39, 0.29) is 18.2 Å². The number of carbonyl (C=O) groups excluding carboxylic acids is 1. The van der Waals surface area contributed by atoms with Gasteiger partial charge in [0.1, 0.15) is 6.10 Å². The lowest BCUT2D eigenvalue weighted by Gasteiger charge is -2.28. The number of rotatable bonds is 3. The second-order valence-electron chi connectivity index (χ2n) is 5.28. The molecule has 3 unspecified atom stereocenters. The van der Waals surface area contributed by atoms with Crippen molar-refractivity contribution in [3.8, 4) is 0 Å². The van der Waals surface area contributed by atoms with Gasteiger partial charge in [0.15, 0.2) is 0 Å². The minimum Gasteiger partial charge on any atom is -0.462 e. The van der Waals surface area contributed by atoms with Crippen LogP contribution in [0.25, 0.3) is 0 Å². The maximum absolute atomic E-state index is 11.8. The zero-order valence-electron chi connectivity index (χ0n) is 10.6. The van der Waals surface area contributed by atoms with Gasteiger partial charge in [-0.3, -0.25) is 4.79 Å².